The standard InChI is InChI=1S/C20H28N2O3/c1-2-25-18-12-8-7-11-17(18)22-14-15(13-19(22)23)20(24)21-16-9-5-3-4-6-10-16/h7-8,11-12,15-16H,2-6,9-10,13-14H2,1H3,(H,21,24)/t15-/m1/s1. The number of para-hydroxylation sites is 2. The maximum absolute atomic E-state index is 12.6. The summed E-state index contributed by atoms with van der Waals surface area (Å²) in [5, 5.41) is 3.18. The first-order valence-electron chi connectivity index (χ1n) is 9.51. The highest BCUT2D eigenvalue weighted by molar-refractivity contribution is 6.01. The number of hydrogen-bond donors (Lipinski definition) is 1. The highest BCUT2D eigenvalue weighted by atomic mass is 16.5. The Balaban J connectivity index is 1.64. The van der Waals surface area contributed by atoms with Crippen molar-refractivity contribution in [3.8, 4) is 5.75 Å². The van der Waals surface area contributed by atoms with E-state index in [0.717, 1.165) is 18.5 Å². The third-order valence-corrected chi connectivity index (χ3v) is 5.15. The Morgan fingerprint density at radius 1 is 1.20 bits per heavy atom. The van der Waals surface area contributed by atoms with Crippen LogP contribution in [0.15, 0.2) is 24.3 Å². The van der Waals surface area contributed by atoms with Gasteiger partial charge in [-0.25, -0.2) is 0 Å². The van der Waals surface area contributed by atoms with E-state index < -0.39 is 0 Å². The van der Waals surface area contributed by atoms with Crippen molar-refractivity contribution in [2.75, 3.05) is 18.1 Å². The van der Waals surface area contributed by atoms with Crippen LogP contribution in [0.2, 0.25) is 0 Å². The van der Waals surface area contributed by atoms with E-state index >= 15 is 0 Å². The predicted molar refractivity (Wildman–Crippen MR) is 97.7 cm³/mol. The molecule has 5 heteroatoms. The molecule has 0 aromatic heterocycles. The molecule has 0 spiro atoms. The van der Waals surface area contributed by atoms with E-state index in [0.29, 0.717) is 18.9 Å². The lowest BCUT2D eigenvalue weighted by Crippen LogP contribution is -2.39. The average molecular weight is 344 g/mol. The Morgan fingerprint density at radius 2 is 1.92 bits per heavy atom. The van der Waals surface area contributed by atoms with Crippen molar-refractivity contribution in [3.63, 3.8) is 0 Å². The Labute approximate surface area is 149 Å². The van der Waals surface area contributed by atoms with E-state index in [1.807, 2.05) is 31.2 Å². The van der Waals surface area contributed by atoms with Crippen molar-refractivity contribution in [2.24, 2.45) is 5.92 Å². The van der Waals surface area contributed by atoms with Gasteiger partial charge in [0.25, 0.3) is 0 Å². The van der Waals surface area contributed by atoms with Crippen molar-refractivity contribution in [2.45, 2.75) is 57.9 Å². The Hall–Kier alpha value is -2.04. The van der Waals surface area contributed by atoms with Gasteiger partial charge < -0.3 is 15.0 Å². The fourth-order valence-corrected chi connectivity index (χ4v) is 3.82. The van der Waals surface area contributed by atoms with Crippen LogP contribution >= 0.6 is 0 Å². The van der Waals surface area contributed by atoms with Crippen molar-refractivity contribution in [1.82, 2.24) is 5.32 Å². The SMILES string of the molecule is CCOc1ccccc1N1C[C@H](C(=O)NC2CCCCCC2)CC1=O. The molecule has 1 aromatic carbocycles. The van der Waals surface area contributed by atoms with E-state index in [1.54, 1.807) is 4.90 Å². The molecule has 2 aliphatic rings. The zero-order valence-electron chi connectivity index (χ0n) is 15.0. The number of anilines is 1. The van der Waals surface area contributed by atoms with Crippen molar-refractivity contribution in [3.05, 3.63) is 24.3 Å². The normalized spacial score (nSPS) is 21.9. The van der Waals surface area contributed by atoms with Gasteiger partial charge in [0.2, 0.25) is 11.8 Å². The highest BCUT2D eigenvalue weighted by Crippen LogP contribution is 2.33. The smallest absolute Gasteiger partial charge is 0.227 e. The molecule has 1 heterocycles. The molecule has 0 unspecified atom stereocenters. The molecule has 1 aliphatic heterocycles. The average Bonchev–Trinajstić information content (AvgIpc) is 2.82. The Morgan fingerprint density at radius 3 is 2.64 bits per heavy atom. The first-order valence-corrected chi connectivity index (χ1v) is 9.51. The summed E-state index contributed by atoms with van der Waals surface area (Å²) in [5.74, 6) is 0.443. The second-order valence-corrected chi connectivity index (χ2v) is 7.00. The van der Waals surface area contributed by atoms with E-state index in [1.165, 1.54) is 25.7 Å². The van der Waals surface area contributed by atoms with Gasteiger partial charge in [0.15, 0.2) is 0 Å². The van der Waals surface area contributed by atoms with Crippen molar-refractivity contribution >= 4 is 17.5 Å². The molecule has 2 fully saturated rings. The van der Waals surface area contributed by atoms with Crippen LogP contribution in [0, 0.1) is 5.92 Å². The van der Waals surface area contributed by atoms with E-state index in [2.05, 4.69) is 5.32 Å². The van der Waals surface area contributed by atoms with Crippen LogP contribution in [-0.2, 0) is 9.59 Å². The zero-order chi connectivity index (χ0) is 17.6. The number of ether oxygens (including phenoxy) is 1. The van der Waals surface area contributed by atoms with Crippen molar-refractivity contribution < 1.29 is 14.3 Å². The second-order valence-electron chi connectivity index (χ2n) is 7.00. The minimum absolute atomic E-state index is 0.00632. The molecule has 1 N–H and O–H groups in total. The van der Waals surface area contributed by atoms with Crippen LogP contribution in [0.5, 0.6) is 5.75 Å². The maximum atomic E-state index is 12.6. The summed E-state index contributed by atoms with van der Waals surface area (Å²) >= 11 is 0. The maximum Gasteiger partial charge on any atom is 0.227 e. The highest BCUT2D eigenvalue weighted by Gasteiger charge is 2.36. The number of amides is 2. The monoisotopic (exact) mass is 344 g/mol. The molecule has 1 aliphatic carbocycles. The van der Waals surface area contributed by atoms with Crippen LogP contribution in [0.1, 0.15) is 51.9 Å². The summed E-state index contributed by atoms with van der Waals surface area (Å²) in [6.07, 6.45) is 7.28. The molecule has 3 rings (SSSR count). The number of carbonyl (C=O) groups is 2. The number of carbonyl (C=O) groups excluding carboxylic acids is 2. The van der Waals surface area contributed by atoms with Crippen LogP contribution in [0.3, 0.4) is 0 Å². The third-order valence-electron chi connectivity index (χ3n) is 5.15. The van der Waals surface area contributed by atoms with Crippen LogP contribution < -0.4 is 15.0 Å². The van der Waals surface area contributed by atoms with Gasteiger partial charge in [-0.2, -0.15) is 0 Å². The third kappa shape index (κ3) is 4.33. The largest absolute Gasteiger partial charge is 0.492 e. The van der Waals surface area contributed by atoms with Gasteiger partial charge in [0.1, 0.15) is 5.75 Å². The van der Waals surface area contributed by atoms with Gasteiger partial charge in [-0.05, 0) is 31.9 Å². The number of nitrogens with zero attached hydrogens (tertiary/aromatic N) is 1. The summed E-state index contributed by atoms with van der Waals surface area (Å²) < 4.78 is 5.63. The number of nitrogens with one attached hydrogen (secondary N) is 1. The van der Waals surface area contributed by atoms with Crippen LogP contribution in [0.25, 0.3) is 0 Å². The number of hydrogen-bond acceptors (Lipinski definition) is 3. The molecule has 5 nitrogen and oxygen atoms in total. The lowest BCUT2D eigenvalue weighted by atomic mass is 10.0. The van der Waals surface area contributed by atoms with E-state index in [9.17, 15) is 9.59 Å². The molecular weight excluding hydrogens is 316 g/mol. The van der Waals surface area contributed by atoms with Gasteiger partial charge in [-0.15, -0.1) is 0 Å². The molecular formula is C20H28N2O3. The summed E-state index contributed by atoms with van der Waals surface area (Å²) in [7, 11) is 0. The molecule has 1 saturated carbocycles. The molecule has 1 aromatic rings. The van der Waals surface area contributed by atoms with Gasteiger partial charge >= 0.3 is 0 Å². The molecule has 0 bridgehead atoms. The minimum Gasteiger partial charge on any atom is -0.492 e. The van der Waals surface area contributed by atoms with Crippen molar-refractivity contribution in [1.29, 1.82) is 0 Å². The van der Waals surface area contributed by atoms with Crippen LogP contribution in [-0.4, -0.2) is 31.0 Å². The quantitative estimate of drug-likeness (QED) is 0.834. The summed E-state index contributed by atoms with van der Waals surface area (Å²) in [5.41, 5.74) is 0.763. The summed E-state index contributed by atoms with van der Waals surface area (Å²) in [4.78, 5) is 26.8. The molecule has 1 saturated heterocycles. The predicted octanol–water partition coefficient (Wildman–Crippen LogP) is 3.28. The molecule has 1 atom stereocenters. The van der Waals surface area contributed by atoms with Gasteiger partial charge in [0.05, 0.1) is 18.2 Å². The van der Waals surface area contributed by atoms with Gasteiger partial charge in [-0.3, -0.25) is 9.59 Å². The topological polar surface area (TPSA) is 58.6 Å². The van der Waals surface area contributed by atoms with Gasteiger partial charge in [-0.1, -0.05) is 37.8 Å². The van der Waals surface area contributed by atoms with Gasteiger partial charge in [0, 0.05) is 19.0 Å². The zero-order valence-corrected chi connectivity index (χ0v) is 15.0. The van der Waals surface area contributed by atoms with E-state index in [4.69, 9.17) is 4.74 Å². The first kappa shape index (κ1) is 17.8. The van der Waals surface area contributed by atoms with Crippen LogP contribution in [0.4, 0.5) is 5.69 Å². The Bertz CT molecular complexity index is 609. The fraction of sp³-hybridized carbons (Fsp3) is 0.600. The molecule has 136 valence electrons. The number of rotatable bonds is 5. The summed E-state index contributed by atoms with van der Waals surface area (Å²) in [6.45, 7) is 2.90. The second kappa shape index (κ2) is 8.37. The fourth-order valence-electron chi connectivity index (χ4n) is 3.82. The summed E-state index contributed by atoms with van der Waals surface area (Å²) in [6, 6.07) is 7.81. The van der Waals surface area contributed by atoms with E-state index in [-0.39, 0.29) is 30.2 Å². The number of benzene rings is 1. The first-order chi connectivity index (χ1) is 12.2. The lowest BCUT2D eigenvalue weighted by Gasteiger charge is -2.21. The Kier molecular flexibility index (Phi) is 5.95. The minimum atomic E-state index is -0.273. The lowest BCUT2D eigenvalue weighted by molar-refractivity contribution is -0.127. The molecule has 25 heavy (non-hydrogen) atoms. The molecule has 2 amide bonds. The molecule has 0 radical (unpaired) electrons.